The van der Waals surface area contributed by atoms with Crippen LogP contribution in [0.4, 0.5) is 4.39 Å². The van der Waals surface area contributed by atoms with E-state index in [0.717, 1.165) is 37.1 Å². The predicted molar refractivity (Wildman–Crippen MR) is 75.3 cm³/mol. The molecule has 1 aromatic carbocycles. The lowest BCUT2D eigenvalue weighted by Gasteiger charge is -2.29. The topological polar surface area (TPSA) is 29.9 Å². The van der Waals surface area contributed by atoms with Crippen LogP contribution >= 0.6 is 12.2 Å². The van der Waals surface area contributed by atoms with E-state index in [1.165, 1.54) is 12.1 Å². The molecule has 1 atom stereocenters. The van der Waals surface area contributed by atoms with Crippen molar-refractivity contribution >= 4 is 23.3 Å². The molecular weight excluding hydrogens is 263 g/mol. The first-order chi connectivity index (χ1) is 9.16. The number of nitrogens with zero attached hydrogens (tertiary/aromatic N) is 1. The molecule has 1 aliphatic rings. The molecule has 2 aromatic rings. The van der Waals surface area contributed by atoms with E-state index in [4.69, 9.17) is 17.0 Å². The minimum absolute atomic E-state index is 0.241. The van der Waals surface area contributed by atoms with Crippen LogP contribution in [-0.2, 0) is 4.74 Å². The highest BCUT2D eigenvalue weighted by Gasteiger charge is 2.23. The van der Waals surface area contributed by atoms with Crippen LogP contribution < -0.4 is 0 Å². The summed E-state index contributed by atoms with van der Waals surface area (Å²) >= 11 is 5.40. The van der Waals surface area contributed by atoms with E-state index in [1.54, 1.807) is 6.07 Å². The number of imidazole rings is 1. The summed E-state index contributed by atoms with van der Waals surface area (Å²) in [4.78, 5) is 3.09. The largest absolute Gasteiger partial charge is 0.381 e. The number of fused-ring (bicyclic) bond motifs is 1. The Morgan fingerprint density at radius 2 is 2.16 bits per heavy atom. The van der Waals surface area contributed by atoms with E-state index >= 15 is 0 Å². The van der Waals surface area contributed by atoms with Crippen molar-refractivity contribution in [1.29, 1.82) is 0 Å². The van der Waals surface area contributed by atoms with Gasteiger partial charge >= 0.3 is 0 Å². The van der Waals surface area contributed by atoms with Crippen molar-refractivity contribution in [1.82, 2.24) is 9.55 Å². The zero-order chi connectivity index (χ0) is 13.4. The highest BCUT2D eigenvalue weighted by Crippen LogP contribution is 2.30. The lowest BCUT2D eigenvalue weighted by molar-refractivity contribution is 0.0517. The van der Waals surface area contributed by atoms with Gasteiger partial charge in [0, 0.05) is 19.3 Å². The van der Waals surface area contributed by atoms with E-state index < -0.39 is 0 Å². The van der Waals surface area contributed by atoms with Crippen molar-refractivity contribution in [3.05, 3.63) is 28.8 Å². The molecule has 19 heavy (non-hydrogen) atoms. The molecule has 1 aromatic heterocycles. The Kier molecular flexibility index (Phi) is 3.41. The number of benzene rings is 1. The van der Waals surface area contributed by atoms with Crippen molar-refractivity contribution in [2.75, 3.05) is 13.2 Å². The number of rotatable bonds is 2. The van der Waals surface area contributed by atoms with Gasteiger partial charge in [0.05, 0.1) is 11.0 Å². The Balaban J connectivity index is 2.03. The van der Waals surface area contributed by atoms with Gasteiger partial charge in [-0.15, -0.1) is 0 Å². The Morgan fingerprint density at radius 1 is 1.42 bits per heavy atom. The lowest BCUT2D eigenvalue weighted by Crippen LogP contribution is -2.24. The second-order valence-corrected chi connectivity index (χ2v) is 5.54. The summed E-state index contributed by atoms with van der Waals surface area (Å²) in [5.41, 5.74) is 1.74. The zero-order valence-electron chi connectivity index (χ0n) is 10.9. The van der Waals surface area contributed by atoms with Crippen LogP contribution in [0.5, 0.6) is 0 Å². The summed E-state index contributed by atoms with van der Waals surface area (Å²) in [6, 6.07) is 5.08. The van der Waals surface area contributed by atoms with Gasteiger partial charge < -0.3 is 14.3 Å². The molecule has 1 aliphatic heterocycles. The standard InChI is InChI=1S/C14H17FN2OS/c1-9(10-4-6-18-7-5-10)17-13-3-2-11(15)8-12(13)16-14(17)19/h2-3,8-10H,4-7H2,1H3,(H,16,19). The van der Waals surface area contributed by atoms with Crippen LogP contribution in [0.15, 0.2) is 18.2 Å². The molecule has 0 saturated carbocycles. The molecule has 0 radical (unpaired) electrons. The molecule has 1 fully saturated rings. The van der Waals surface area contributed by atoms with E-state index in [0.29, 0.717) is 16.7 Å². The van der Waals surface area contributed by atoms with Gasteiger partial charge in [0.25, 0.3) is 0 Å². The zero-order valence-corrected chi connectivity index (χ0v) is 11.7. The highest BCUT2D eigenvalue weighted by atomic mass is 32.1. The van der Waals surface area contributed by atoms with Gasteiger partial charge in [-0.1, -0.05) is 0 Å². The van der Waals surface area contributed by atoms with Crippen LogP contribution in [0.1, 0.15) is 25.8 Å². The molecule has 0 bridgehead atoms. The van der Waals surface area contributed by atoms with Crippen LogP contribution in [-0.4, -0.2) is 22.8 Å². The maximum atomic E-state index is 13.3. The molecule has 2 heterocycles. The molecule has 102 valence electrons. The third-order valence-electron chi connectivity index (χ3n) is 4.03. The van der Waals surface area contributed by atoms with E-state index in [-0.39, 0.29) is 5.82 Å². The molecule has 0 aliphatic carbocycles. The Hall–Kier alpha value is -1.20. The summed E-state index contributed by atoms with van der Waals surface area (Å²) in [5, 5.41) is 0. The quantitative estimate of drug-likeness (QED) is 0.847. The maximum absolute atomic E-state index is 13.3. The van der Waals surface area contributed by atoms with Crippen molar-refractivity contribution in [2.45, 2.75) is 25.8 Å². The maximum Gasteiger partial charge on any atom is 0.178 e. The molecular formula is C14H17FN2OS. The van der Waals surface area contributed by atoms with Crippen LogP contribution in [0.25, 0.3) is 11.0 Å². The van der Waals surface area contributed by atoms with Gasteiger partial charge in [-0.3, -0.25) is 0 Å². The fourth-order valence-electron chi connectivity index (χ4n) is 2.92. The summed E-state index contributed by atoms with van der Waals surface area (Å²) in [6.45, 7) is 3.82. The first kappa shape index (κ1) is 12.8. The monoisotopic (exact) mass is 280 g/mol. The molecule has 1 saturated heterocycles. The van der Waals surface area contributed by atoms with Crippen molar-refractivity contribution in [3.63, 3.8) is 0 Å². The summed E-state index contributed by atoms with van der Waals surface area (Å²) in [7, 11) is 0. The molecule has 1 N–H and O–H groups in total. The van der Waals surface area contributed by atoms with Crippen molar-refractivity contribution in [3.8, 4) is 0 Å². The molecule has 0 spiro atoms. The van der Waals surface area contributed by atoms with Gasteiger partial charge in [-0.25, -0.2) is 4.39 Å². The number of ether oxygens (including phenoxy) is 1. The van der Waals surface area contributed by atoms with Crippen molar-refractivity contribution in [2.24, 2.45) is 5.92 Å². The normalized spacial score (nSPS) is 18.8. The SMILES string of the molecule is CC(C1CCOCC1)n1c(=S)[nH]c2cc(F)ccc21. The predicted octanol–water partition coefficient (Wildman–Crippen LogP) is 3.83. The number of nitrogens with one attached hydrogen (secondary N) is 1. The molecule has 0 amide bonds. The van der Waals surface area contributed by atoms with Gasteiger partial charge in [-0.2, -0.15) is 0 Å². The third kappa shape index (κ3) is 2.32. The van der Waals surface area contributed by atoms with Crippen LogP contribution in [0, 0.1) is 16.5 Å². The number of halogens is 1. The molecule has 3 nitrogen and oxygen atoms in total. The fraction of sp³-hybridized carbons (Fsp3) is 0.500. The lowest BCUT2D eigenvalue weighted by atomic mass is 9.92. The first-order valence-electron chi connectivity index (χ1n) is 6.64. The Morgan fingerprint density at radius 3 is 2.89 bits per heavy atom. The summed E-state index contributed by atoms with van der Waals surface area (Å²) in [6.07, 6.45) is 2.10. The molecule has 5 heteroatoms. The van der Waals surface area contributed by atoms with Gasteiger partial charge in [0.1, 0.15) is 5.82 Å². The highest BCUT2D eigenvalue weighted by molar-refractivity contribution is 7.71. The number of aromatic nitrogens is 2. The summed E-state index contributed by atoms with van der Waals surface area (Å²) in [5.74, 6) is 0.319. The second-order valence-electron chi connectivity index (χ2n) is 5.15. The first-order valence-corrected chi connectivity index (χ1v) is 7.05. The number of aromatic amines is 1. The van der Waals surface area contributed by atoms with Crippen LogP contribution in [0.2, 0.25) is 0 Å². The van der Waals surface area contributed by atoms with Gasteiger partial charge in [-0.05, 0) is 56.1 Å². The van der Waals surface area contributed by atoms with Gasteiger partial charge in [0.15, 0.2) is 4.77 Å². The van der Waals surface area contributed by atoms with E-state index in [9.17, 15) is 4.39 Å². The fourth-order valence-corrected chi connectivity index (χ4v) is 3.29. The van der Waals surface area contributed by atoms with E-state index in [1.807, 2.05) is 0 Å². The summed E-state index contributed by atoms with van der Waals surface area (Å²) < 4.78 is 21.4. The number of hydrogen-bond acceptors (Lipinski definition) is 2. The number of hydrogen-bond donors (Lipinski definition) is 1. The Labute approximate surface area is 116 Å². The molecule has 3 rings (SSSR count). The third-order valence-corrected chi connectivity index (χ3v) is 4.33. The second kappa shape index (κ2) is 5.06. The van der Waals surface area contributed by atoms with E-state index in [2.05, 4.69) is 16.5 Å². The number of H-pyrrole nitrogens is 1. The van der Waals surface area contributed by atoms with Crippen molar-refractivity contribution < 1.29 is 9.13 Å². The minimum Gasteiger partial charge on any atom is -0.381 e. The van der Waals surface area contributed by atoms with Gasteiger partial charge in [0.2, 0.25) is 0 Å². The average molecular weight is 280 g/mol. The smallest absolute Gasteiger partial charge is 0.178 e. The Bertz CT molecular complexity index is 642. The average Bonchev–Trinajstić information content (AvgIpc) is 2.74. The minimum atomic E-state index is -0.241. The van der Waals surface area contributed by atoms with Crippen LogP contribution in [0.3, 0.4) is 0 Å². The molecule has 1 unspecified atom stereocenters.